The van der Waals surface area contributed by atoms with E-state index in [0.29, 0.717) is 21.3 Å². The predicted octanol–water partition coefficient (Wildman–Crippen LogP) is 3.98. The van der Waals surface area contributed by atoms with Gasteiger partial charge in [-0.3, -0.25) is 14.4 Å². The lowest BCUT2D eigenvalue weighted by molar-refractivity contribution is 0.414. The van der Waals surface area contributed by atoms with Gasteiger partial charge in [0.15, 0.2) is 0 Å². The normalized spacial score (nSPS) is 10.8. The molecule has 0 aliphatic heterocycles. The van der Waals surface area contributed by atoms with E-state index in [1.54, 1.807) is 25.1 Å². The summed E-state index contributed by atoms with van der Waals surface area (Å²) in [5, 5.41) is 20.3. The van der Waals surface area contributed by atoms with Gasteiger partial charge in [-0.25, -0.2) is 0 Å². The molecule has 2 rings (SSSR count). The Morgan fingerprint density at radius 3 is 2.58 bits per heavy atom. The molecule has 0 spiro atoms. The zero-order valence-electron chi connectivity index (χ0n) is 12.8. The van der Waals surface area contributed by atoms with E-state index >= 15 is 0 Å². The average Bonchev–Trinajstić information content (AvgIpc) is 2.54. The molecule has 0 atom stereocenters. The minimum Gasteiger partial charge on any atom is -0.494 e. The highest BCUT2D eigenvalue weighted by atomic mass is 35.5. The van der Waals surface area contributed by atoms with Crippen LogP contribution in [-0.4, -0.2) is 15.9 Å². The first kappa shape index (κ1) is 17.8. The molecule has 0 radical (unpaired) electrons. The molecule has 0 bridgehead atoms. The minimum atomic E-state index is -0.583. The summed E-state index contributed by atoms with van der Waals surface area (Å²) in [6.45, 7) is 5.17. The molecular weight excluding hydrogens is 349 g/mol. The van der Waals surface area contributed by atoms with Gasteiger partial charge in [0.05, 0.1) is 15.6 Å². The quantitative estimate of drug-likeness (QED) is 0.660. The molecule has 0 unspecified atom stereocenters. The summed E-state index contributed by atoms with van der Waals surface area (Å²) in [5.41, 5.74) is 0.248. The first-order chi connectivity index (χ1) is 11.4. The number of nitriles is 1. The van der Waals surface area contributed by atoms with Gasteiger partial charge >= 0.3 is 0 Å². The molecule has 1 heterocycles. The summed E-state index contributed by atoms with van der Waals surface area (Å²) in [7, 11) is 0. The number of halogens is 2. The second-order valence-electron chi connectivity index (χ2n) is 4.88. The van der Waals surface area contributed by atoms with Crippen LogP contribution in [0.1, 0.15) is 16.7 Å². The SMILES string of the molecule is C=CCn1c(O)c(C=Nc2c(Cl)cccc2Cl)c(C)c(C#N)c1=O. The molecule has 0 amide bonds. The molecule has 0 saturated carbocycles. The number of allylic oxidation sites excluding steroid dienone is 1. The number of rotatable bonds is 4. The van der Waals surface area contributed by atoms with Gasteiger partial charge in [-0.2, -0.15) is 5.26 Å². The first-order valence-electron chi connectivity index (χ1n) is 6.87. The predicted molar refractivity (Wildman–Crippen MR) is 95.7 cm³/mol. The molecule has 1 aromatic carbocycles. The second kappa shape index (κ2) is 7.35. The Bertz CT molecular complexity index is 920. The number of nitrogens with zero attached hydrogens (tertiary/aromatic N) is 3. The summed E-state index contributed by atoms with van der Waals surface area (Å²) in [5.74, 6) is -0.302. The van der Waals surface area contributed by atoms with Crippen molar-refractivity contribution in [1.82, 2.24) is 4.57 Å². The van der Waals surface area contributed by atoms with E-state index in [0.717, 1.165) is 4.57 Å². The number of pyridine rings is 1. The number of aromatic nitrogens is 1. The topological polar surface area (TPSA) is 78.4 Å². The number of aromatic hydroxyl groups is 1. The molecule has 24 heavy (non-hydrogen) atoms. The van der Waals surface area contributed by atoms with Crippen molar-refractivity contribution < 1.29 is 5.11 Å². The van der Waals surface area contributed by atoms with Crippen molar-refractivity contribution in [2.75, 3.05) is 0 Å². The second-order valence-corrected chi connectivity index (χ2v) is 5.70. The molecule has 1 N–H and O–H groups in total. The Balaban J connectivity index is 2.69. The van der Waals surface area contributed by atoms with E-state index < -0.39 is 5.56 Å². The zero-order valence-corrected chi connectivity index (χ0v) is 14.3. The van der Waals surface area contributed by atoms with Crippen LogP contribution in [0.25, 0.3) is 0 Å². The summed E-state index contributed by atoms with van der Waals surface area (Å²) in [4.78, 5) is 16.4. The molecule has 0 aliphatic rings. The van der Waals surface area contributed by atoms with Crippen molar-refractivity contribution in [3.8, 4) is 11.9 Å². The fourth-order valence-electron chi connectivity index (χ4n) is 2.17. The molecule has 7 heteroatoms. The lowest BCUT2D eigenvalue weighted by atomic mass is 10.1. The van der Waals surface area contributed by atoms with Crippen molar-refractivity contribution in [2.24, 2.45) is 4.99 Å². The summed E-state index contributed by atoms with van der Waals surface area (Å²) in [6, 6.07) is 6.81. The maximum atomic E-state index is 12.2. The third kappa shape index (κ3) is 3.21. The molecule has 0 fully saturated rings. The third-order valence-corrected chi connectivity index (χ3v) is 4.03. The molecule has 0 aliphatic carbocycles. The Labute approximate surface area is 148 Å². The van der Waals surface area contributed by atoms with E-state index in [9.17, 15) is 15.2 Å². The maximum Gasteiger partial charge on any atom is 0.271 e. The highest BCUT2D eigenvalue weighted by Gasteiger charge is 2.17. The van der Waals surface area contributed by atoms with E-state index in [4.69, 9.17) is 23.2 Å². The third-order valence-electron chi connectivity index (χ3n) is 3.42. The number of benzene rings is 1. The minimum absolute atomic E-state index is 0.0628. The number of aliphatic imine (C=N–C) groups is 1. The highest BCUT2D eigenvalue weighted by molar-refractivity contribution is 6.38. The van der Waals surface area contributed by atoms with Gasteiger partial charge in [-0.05, 0) is 24.6 Å². The fraction of sp³-hybridized carbons (Fsp3) is 0.118. The molecule has 1 aromatic heterocycles. The number of para-hydroxylation sites is 1. The van der Waals surface area contributed by atoms with Crippen LogP contribution >= 0.6 is 23.2 Å². The van der Waals surface area contributed by atoms with Crippen LogP contribution in [0.3, 0.4) is 0 Å². The van der Waals surface area contributed by atoms with Crippen LogP contribution in [-0.2, 0) is 6.54 Å². The van der Waals surface area contributed by atoms with Gasteiger partial charge in [-0.15, -0.1) is 6.58 Å². The van der Waals surface area contributed by atoms with Crippen molar-refractivity contribution in [2.45, 2.75) is 13.5 Å². The molecule has 122 valence electrons. The molecule has 2 aromatic rings. The summed E-state index contributed by atoms with van der Waals surface area (Å²) in [6.07, 6.45) is 2.78. The van der Waals surface area contributed by atoms with E-state index in [1.165, 1.54) is 12.3 Å². The number of hydrogen-bond donors (Lipinski definition) is 1. The monoisotopic (exact) mass is 361 g/mol. The highest BCUT2D eigenvalue weighted by Crippen LogP contribution is 2.33. The van der Waals surface area contributed by atoms with Gasteiger partial charge in [0.1, 0.15) is 17.3 Å². The number of hydrogen-bond acceptors (Lipinski definition) is 4. The Morgan fingerprint density at radius 2 is 2.04 bits per heavy atom. The molecular formula is C17H13Cl2N3O2. The van der Waals surface area contributed by atoms with Gasteiger partial charge in [0, 0.05) is 12.8 Å². The van der Waals surface area contributed by atoms with Crippen LogP contribution in [0, 0.1) is 18.3 Å². The van der Waals surface area contributed by atoms with Crippen LogP contribution < -0.4 is 5.56 Å². The van der Waals surface area contributed by atoms with Crippen LogP contribution in [0.5, 0.6) is 5.88 Å². The largest absolute Gasteiger partial charge is 0.494 e. The van der Waals surface area contributed by atoms with E-state index in [-0.39, 0.29) is 23.6 Å². The smallest absolute Gasteiger partial charge is 0.271 e. The van der Waals surface area contributed by atoms with Crippen LogP contribution in [0.15, 0.2) is 40.6 Å². The van der Waals surface area contributed by atoms with Crippen molar-refractivity contribution in [3.63, 3.8) is 0 Å². The van der Waals surface area contributed by atoms with Crippen molar-refractivity contribution in [1.29, 1.82) is 5.26 Å². The fourth-order valence-corrected chi connectivity index (χ4v) is 2.66. The first-order valence-corrected chi connectivity index (χ1v) is 7.63. The lowest BCUT2D eigenvalue weighted by Gasteiger charge is -2.12. The maximum absolute atomic E-state index is 12.2. The van der Waals surface area contributed by atoms with Gasteiger partial charge in [0.25, 0.3) is 5.56 Å². The van der Waals surface area contributed by atoms with E-state index in [1.807, 2.05) is 6.07 Å². The van der Waals surface area contributed by atoms with Gasteiger partial charge in [-0.1, -0.05) is 35.3 Å². The Kier molecular flexibility index (Phi) is 5.45. The van der Waals surface area contributed by atoms with Crippen LogP contribution in [0.2, 0.25) is 10.0 Å². The average molecular weight is 362 g/mol. The lowest BCUT2D eigenvalue weighted by Crippen LogP contribution is -2.24. The summed E-state index contributed by atoms with van der Waals surface area (Å²) >= 11 is 12.1. The van der Waals surface area contributed by atoms with Gasteiger partial charge in [0.2, 0.25) is 5.88 Å². The van der Waals surface area contributed by atoms with Gasteiger partial charge < -0.3 is 5.11 Å². The molecule has 0 saturated heterocycles. The summed E-state index contributed by atoms with van der Waals surface area (Å²) < 4.78 is 1.05. The van der Waals surface area contributed by atoms with E-state index in [2.05, 4.69) is 11.6 Å². The van der Waals surface area contributed by atoms with Crippen molar-refractivity contribution >= 4 is 35.1 Å². The Morgan fingerprint density at radius 1 is 1.42 bits per heavy atom. The standard InChI is InChI=1S/C17H13Cl2N3O2/c1-3-7-22-16(23)11(8-20)10(2)12(17(22)24)9-21-15-13(18)5-4-6-14(15)19/h3-6,9,24H,1,7H2,2H3. The van der Waals surface area contributed by atoms with Crippen LogP contribution in [0.4, 0.5) is 5.69 Å². The zero-order chi connectivity index (χ0) is 17.9. The van der Waals surface area contributed by atoms with Crippen molar-refractivity contribution in [3.05, 3.63) is 67.9 Å². The molecule has 5 nitrogen and oxygen atoms in total. The Hall–Kier alpha value is -2.55.